The zero-order chi connectivity index (χ0) is 13.5. The van der Waals surface area contributed by atoms with Crippen molar-refractivity contribution >= 4 is 18.3 Å². The van der Waals surface area contributed by atoms with Crippen molar-refractivity contribution < 1.29 is 9.53 Å². The predicted molar refractivity (Wildman–Crippen MR) is 79.7 cm³/mol. The zero-order valence-electron chi connectivity index (χ0n) is 11.7. The number of para-hydroxylation sites is 1. The van der Waals surface area contributed by atoms with E-state index in [0.717, 1.165) is 11.3 Å². The summed E-state index contributed by atoms with van der Waals surface area (Å²) in [6, 6.07) is 7.67. The van der Waals surface area contributed by atoms with Crippen molar-refractivity contribution in [1.82, 2.24) is 5.32 Å². The van der Waals surface area contributed by atoms with Crippen LogP contribution in [0.15, 0.2) is 24.3 Å². The molecule has 19 heavy (non-hydrogen) atoms. The highest BCUT2D eigenvalue weighted by Gasteiger charge is 2.16. The van der Waals surface area contributed by atoms with Crippen molar-refractivity contribution in [1.29, 1.82) is 0 Å². The molecule has 0 heterocycles. The Morgan fingerprint density at radius 1 is 1.37 bits per heavy atom. The lowest BCUT2D eigenvalue weighted by Gasteiger charge is -2.15. The molecule has 0 spiro atoms. The largest absolute Gasteiger partial charge is 0.491 e. The van der Waals surface area contributed by atoms with E-state index in [9.17, 15) is 4.79 Å². The molecule has 3 N–H and O–H groups in total. The molecule has 0 fully saturated rings. The first kappa shape index (κ1) is 17.7. The van der Waals surface area contributed by atoms with Gasteiger partial charge in [0.1, 0.15) is 12.4 Å². The number of ether oxygens (including phenoxy) is 1. The first-order chi connectivity index (χ1) is 8.52. The summed E-state index contributed by atoms with van der Waals surface area (Å²) >= 11 is 0. The highest BCUT2D eigenvalue weighted by molar-refractivity contribution is 5.85. The van der Waals surface area contributed by atoms with Crippen molar-refractivity contribution in [2.24, 2.45) is 11.7 Å². The van der Waals surface area contributed by atoms with Gasteiger partial charge in [-0.15, -0.1) is 12.4 Å². The van der Waals surface area contributed by atoms with Crippen LogP contribution in [0.4, 0.5) is 0 Å². The molecule has 0 aliphatic rings. The second kappa shape index (κ2) is 8.77. The lowest BCUT2D eigenvalue weighted by atomic mass is 10.0. The molecule has 0 saturated heterocycles. The Kier molecular flexibility index (Phi) is 8.19. The summed E-state index contributed by atoms with van der Waals surface area (Å²) in [7, 11) is 0. The third-order valence-electron chi connectivity index (χ3n) is 2.95. The lowest BCUT2D eigenvalue weighted by Crippen LogP contribution is -2.40. The van der Waals surface area contributed by atoms with Crippen LogP contribution in [0.3, 0.4) is 0 Å². The molecule has 0 saturated carbocycles. The fourth-order valence-electron chi connectivity index (χ4n) is 1.45. The van der Waals surface area contributed by atoms with Crippen LogP contribution < -0.4 is 15.8 Å². The molecule has 4 nitrogen and oxygen atoms in total. The van der Waals surface area contributed by atoms with Gasteiger partial charge >= 0.3 is 0 Å². The standard InChI is InChI=1S/C14H22N2O2.ClH/c1-10-6-4-5-7-13(10)18-9-8-16-14(17)11(2)12(3)15;/h4-7,11-12H,8-9,15H2,1-3H3,(H,16,17);1H. The minimum absolute atomic E-state index is 0. The number of hydrogen-bond acceptors (Lipinski definition) is 3. The average Bonchev–Trinajstić information content (AvgIpc) is 2.35. The maximum absolute atomic E-state index is 11.6. The third-order valence-corrected chi connectivity index (χ3v) is 2.95. The van der Waals surface area contributed by atoms with E-state index >= 15 is 0 Å². The smallest absolute Gasteiger partial charge is 0.224 e. The Hall–Kier alpha value is -1.26. The second-order valence-corrected chi connectivity index (χ2v) is 4.55. The predicted octanol–water partition coefficient (Wildman–Crippen LogP) is 1.90. The van der Waals surface area contributed by atoms with Crippen LogP contribution in [0.25, 0.3) is 0 Å². The van der Waals surface area contributed by atoms with Gasteiger partial charge in [-0.05, 0) is 25.5 Å². The maximum Gasteiger partial charge on any atom is 0.224 e. The molecule has 0 radical (unpaired) electrons. The average molecular weight is 287 g/mol. The summed E-state index contributed by atoms with van der Waals surface area (Å²) in [5.41, 5.74) is 6.75. The first-order valence-electron chi connectivity index (χ1n) is 6.24. The van der Waals surface area contributed by atoms with Crippen molar-refractivity contribution in [2.75, 3.05) is 13.2 Å². The number of rotatable bonds is 6. The summed E-state index contributed by atoms with van der Waals surface area (Å²) in [5, 5.41) is 2.81. The Balaban J connectivity index is 0.00000324. The second-order valence-electron chi connectivity index (χ2n) is 4.55. The fourth-order valence-corrected chi connectivity index (χ4v) is 1.45. The van der Waals surface area contributed by atoms with Crippen LogP contribution in [0.5, 0.6) is 5.75 Å². The Labute approximate surface area is 121 Å². The van der Waals surface area contributed by atoms with Gasteiger partial charge in [0.25, 0.3) is 0 Å². The molecule has 2 atom stereocenters. The van der Waals surface area contributed by atoms with E-state index in [4.69, 9.17) is 10.5 Å². The minimum atomic E-state index is -0.177. The number of amides is 1. The van der Waals surface area contributed by atoms with Crippen molar-refractivity contribution in [3.8, 4) is 5.75 Å². The minimum Gasteiger partial charge on any atom is -0.491 e. The SMILES string of the molecule is Cc1ccccc1OCCNC(=O)C(C)C(C)N.Cl. The van der Waals surface area contributed by atoms with Crippen LogP contribution in [0.2, 0.25) is 0 Å². The number of benzene rings is 1. The van der Waals surface area contributed by atoms with Gasteiger partial charge in [0, 0.05) is 12.0 Å². The van der Waals surface area contributed by atoms with Crippen molar-refractivity contribution in [2.45, 2.75) is 26.8 Å². The Morgan fingerprint density at radius 3 is 2.58 bits per heavy atom. The summed E-state index contributed by atoms with van der Waals surface area (Å²) < 4.78 is 5.58. The van der Waals surface area contributed by atoms with E-state index in [1.807, 2.05) is 45.0 Å². The van der Waals surface area contributed by atoms with E-state index in [2.05, 4.69) is 5.32 Å². The quantitative estimate of drug-likeness (QED) is 0.785. The van der Waals surface area contributed by atoms with E-state index in [1.54, 1.807) is 0 Å². The van der Waals surface area contributed by atoms with E-state index in [1.165, 1.54) is 0 Å². The lowest BCUT2D eigenvalue weighted by molar-refractivity contribution is -0.125. The van der Waals surface area contributed by atoms with Gasteiger partial charge in [-0.1, -0.05) is 25.1 Å². The number of halogens is 1. The molecule has 0 aliphatic carbocycles. The van der Waals surface area contributed by atoms with Crippen molar-refractivity contribution in [3.63, 3.8) is 0 Å². The molecular formula is C14H23ClN2O2. The van der Waals surface area contributed by atoms with E-state index < -0.39 is 0 Å². The van der Waals surface area contributed by atoms with Crippen LogP contribution in [0, 0.1) is 12.8 Å². The molecule has 0 aromatic heterocycles. The summed E-state index contributed by atoms with van der Waals surface area (Å²) in [6.45, 7) is 6.59. The molecular weight excluding hydrogens is 264 g/mol. The number of carbonyl (C=O) groups excluding carboxylic acids is 1. The maximum atomic E-state index is 11.6. The molecule has 5 heteroatoms. The zero-order valence-corrected chi connectivity index (χ0v) is 12.5. The van der Waals surface area contributed by atoms with Crippen molar-refractivity contribution in [3.05, 3.63) is 29.8 Å². The summed E-state index contributed by atoms with van der Waals surface area (Å²) in [5.74, 6) is 0.647. The number of carbonyl (C=O) groups is 1. The molecule has 1 aromatic carbocycles. The highest BCUT2D eigenvalue weighted by Crippen LogP contribution is 2.15. The molecule has 108 valence electrons. The summed E-state index contributed by atoms with van der Waals surface area (Å²) in [6.07, 6.45) is 0. The van der Waals surface area contributed by atoms with Crippen LogP contribution in [0.1, 0.15) is 19.4 Å². The Morgan fingerprint density at radius 2 is 2.00 bits per heavy atom. The van der Waals surface area contributed by atoms with Gasteiger partial charge in [0.05, 0.1) is 6.54 Å². The molecule has 0 aliphatic heterocycles. The van der Waals surface area contributed by atoms with Gasteiger partial charge < -0.3 is 15.8 Å². The van der Waals surface area contributed by atoms with Gasteiger partial charge in [-0.2, -0.15) is 0 Å². The molecule has 1 rings (SSSR count). The van der Waals surface area contributed by atoms with E-state index in [0.29, 0.717) is 13.2 Å². The van der Waals surface area contributed by atoms with Gasteiger partial charge in [0.15, 0.2) is 0 Å². The topological polar surface area (TPSA) is 64.3 Å². The third kappa shape index (κ3) is 5.94. The monoisotopic (exact) mass is 286 g/mol. The molecule has 1 amide bonds. The molecule has 0 bridgehead atoms. The number of hydrogen-bond donors (Lipinski definition) is 2. The summed E-state index contributed by atoms with van der Waals surface area (Å²) in [4.78, 5) is 11.6. The number of nitrogens with two attached hydrogens (primary N) is 1. The van der Waals surface area contributed by atoms with Crippen LogP contribution >= 0.6 is 12.4 Å². The first-order valence-corrected chi connectivity index (χ1v) is 6.24. The number of nitrogens with one attached hydrogen (secondary N) is 1. The Bertz CT molecular complexity index is 397. The van der Waals surface area contributed by atoms with Gasteiger partial charge in [0.2, 0.25) is 5.91 Å². The fraction of sp³-hybridized carbons (Fsp3) is 0.500. The van der Waals surface area contributed by atoms with Gasteiger partial charge in [-0.25, -0.2) is 0 Å². The molecule has 1 aromatic rings. The number of aryl methyl sites for hydroxylation is 1. The normalized spacial score (nSPS) is 13.1. The highest BCUT2D eigenvalue weighted by atomic mass is 35.5. The van der Waals surface area contributed by atoms with Crippen LogP contribution in [-0.4, -0.2) is 25.1 Å². The molecule has 2 unspecified atom stereocenters. The van der Waals surface area contributed by atoms with Gasteiger partial charge in [-0.3, -0.25) is 4.79 Å². The van der Waals surface area contributed by atoms with Crippen LogP contribution in [-0.2, 0) is 4.79 Å². The van der Waals surface area contributed by atoms with E-state index in [-0.39, 0.29) is 30.3 Å².